The van der Waals surface area contributed by atoms with E-state index in [9.17, 15) is 18.0 Å². The first-order chi connectivity index (χ1) is 8.74. The number of aliphatic hydroxyl groups is 1. The molecule has 0 radical (unpaired) electrons. The van der Waals surface area contributed by atoms with Crippen LogP contribution in [0, 0.1) is 6.92 Å². The number of aryl methyl sites for hydroxylation is 1. The molecule has 0 saturated carbocycles. The van der Waals surface area contributed by atoms with Gasteiger partial charge in [-0.05, 0) is 13.0 Å². The molecule has 8 heteroatoms. The van der Waals surface area contributed by atoms with Gasteiger partial charge in [-0.2, -0.15) is 13.2 Å². The number of nitrogens with zero attached hydrogens (tertiary/aromatic N) is 2. The molecule has 1 aromatic rings. The number of hydrogen-bond donors (Lipinski definition) is 2. The normalized spacial score (nSPS) is 11.4. The van der Waals surface area contributed by atoms with Gasteiger partial charge < -0.3 is 15.1 Å². The van der Waals surface area contributed by atoms with Crippen molar-refractivity contribution in [3.8, 4) is 0 Å². The van der Waals surface area contributed by atoms with Gasteiger partial charge in [0.15, 0.2) is 0 Å². The summed E-state index contributed by atoms with van der Waals surface area (Å²) in [6.45, 7) is -0.628. The van der Waals surface area contributed by atoms with Gasteiger partial charge in [0.2, 0.25) is 0 Å². The Bertz CT molecular complexity index is 463. The highest BCUT2D eigenvalue weighted by molar-refractivity contribution is 5.94. The molecule has 19 heavy (non-hydrogen) atoms. The second kappa shape index (κ2) is 5.87. The number of rotatable bonds is 5. The second-order valence-corrected chi connectivity index (χ2v) is 3.91. The summed E-state index contributed by atoms with van der Waals surface area (Å²) in [5.74, 6) is -1.37. The first kappa shape index (κ1) is 15.2. The lowest BCUT2D eigenvalue weighted by Crippen LogP contribution is -2.37. The molecule has 106 valence electrons. The van der Waals surface area contributed by atoms with Crippen molar-refractivity contribution in [1.29, 1.82) is 0 Å². The van der Waals surface area contributed by atoms with E-state index in [1.807, 2.05) is 0 Å². The Morgan fingerprint density at radius 1 is 1.47 bits per heavy atom. The minimum absolute atomic E-state index is 0.105. The largest absolute Gasteiger partial charge is 0.478 e. The van der Waals surface area contributed by atoms with Gasteiger partial charge in [0.1, 0.15) is 12.1 Å². The van der Waals surface area contributed by atoms with Crippen LogP contribution in [0.25, 0.3) is 0 Å². The molecule has 1 rings (SSSR count). The highest BCUT2D eigenvalue weighted by Crippen LogP contribution is 2.25. The highest BCUT2D eigenvalue weighted by atomic mass is 19.4. The topological polar surface area (TPSA) is 73.7 Å². The third kappa shape index (κ3) is 4.40. The number of anilines is 1. The van der Waals surface area contributed by atoms with E-state index in [0.717, 1.165) is 11.1 Å². The maximum Gasteiger partial charge on any atom is 0.405 e. The Labute approximate surface area is 107 Å². The lowest BCUT2D eigenvalue weighted by Gasteiger charge is -2.26. The fraction of sp³-hybridized carbons (Fsp3) is 0.455. The number of aromatic nitrogens is 1. The summed E-state index contributed by atoms with van der Waals surface area (Å²) < 4.78 is 37.4. The summed E-state index contributed by atoms with van der Waals surface area (Å²) in [5, 5.41) is 17.8. The summed E-state index contributed by atoms with van der Waals surface area (Å²) in [6, 6.07) is 1.25. The number of aromatic carboxylic acids is 1. The van der Waals surface area contributed by atoms with Crippen molar-refractivity contribution in [3.05, 3.63) is 23.5 Å². The van der Waals surface area contributed by atoms with Gasteiger partial charge in [0.05, 0.1) is 12.3 Å². The third-order valence-corrected chi connectivity index (χ3v) is 2.33. The zero-order valence-corrected chi connectivity index (χ0v) is 10.1. The van der Waals surface area contributed by atoms with Crippen LogP contribution in [0.2, 0.25) is 0 Å². The van der Waals surface area contributed by atoms with E-state index in [0.29, 0.717) is 5.69 Å². The van der Waals surface area contributed by atoms with Gasteiger partial charge >= 0.3 is 12.1 Å². The number of halogens is 3. The van der Waals surface area contributed by atoms with Crippen LogP contribution < -0.4 is 4.90 Å². The van der Waals surface area contributed by atoms with Crippen LogP contribution in [-0.2, 0) is 0 Å². The van der Waals surface area contributed by atoms with E-state index in [-0.39, 0.29) is 17.8 Å². The van der Waals surface area contributed by atoms with Crippen LogP contribution in [0.4, 0.5) is 18.9 Å². The molecule has 2 N–H and O–H groups in total. The molecule has 0 aliphatic rings. The average Bonchev–Trinajstić information content (AvgIpc) is 2.26. The molecule has 0 amide bonds. The first-order valence-electron chi connectivity index (χ1n) is 5.37. The lowest BCUT2D eigenvalue weighted by molar-refractivity contribution is -0.119. The van der Waals surface area contributed by atoms with Crippen molar-refractivity contribution < 1.29 is 28.2 Å². The predicted octanol–water partition coefficient (Wildman–Crippen LogP) is 1.45. The number of pyridine rings is 1. The molecule has 0 unspecified atom stereocenters. The molecule has 0 spiro atoms. The molecule has 1 heterocycles. The van der Waals surface area contributed by atoms with E-state index >= 15 is 0 Å². The van der Waals surface area contributed by atoms with Gasteiger partial charge in [-0.1, -0.05) is 0 Å². The van der Waals surface area contributed by atoms with Crippen molar-refractivity contribution in [1.82, 2.24) is 4.98 Å². The van der Waals surface area contributed by atoms with Gasteiger partial charge in [-0.25, -0.2) is 4.79 Å². The summed E-state index contributed by atoms with van der Waals surface area (Å²) in [7, 11) is 0. The Morgan fingerprint density at radius 3 is 2.58 bits per heavy atom. The average molecular weight is 278 g/mol. The van der Waals surface area contributed by atoms with E-state index < -0.39 is 25.3 Å². The van der Waals surface area contributed by atoms with E-state index in [1.165, 1.54) is 6.07 Å². The lowest BCUT2D eigenvalue weighted by atomic mass is 10.2. The van der Waals surface area contributed by atoms with Crippen molar-refractivity contribution in [2.45, 2.75) is 13.1 Å². The van der Waals surface area contributed by atoms with Crippen LogP contribution in [-0.4, -0.2) is 47.0 Å². The molecular weight excluding hydrogens is 265 g/mol. The quantitative estimate of drug-likeness (QED) is 0.852. The molecule has 0 saturated heterocycles. The van der Waals surface area contributed by atoms with E-state index in [1.54, 1.807) is 6.92 Å². The fourth-order valence-electron chi connectivity index (χ4n) is 1.59. The van der Waals surface area contributed by atoms with Crippen molar-refractivity contribution in [2.24, 2.45) is 0 Å². The Hall–Kier alpha value is -1.83. The zero-order chi connectivity index (χ0) is 14.6. The Morgan fingerprint density at radius 2 is 2.11 bits per heavy atom. The molecule has 0 aliphatic heterocycles. The first-order valence-corrected chi connectivity index (χ1v) is 5.37. The van der Waals surface area contributed by atoms with E-state index in [4.69, 9.17) is 10.2 Å². The number of hydrogen-bond acceptors (Lipinski definition) is 4. The molecule has 1 aromatic heterocycles. The highest BCUT2D eigenvalue weighted by Gasteiger charge is 2.32. The van der Waals surface area contributed by atoms with Crippen molar-refractivity contribution in [2.75, 3.05) is 24.6 Å². The standard InChI is InChI=1S/C11H13F3N2O3/c1-7-4-9(8(5-15-7)10(18)19)16(2-3-17)6-11(12,13)14/h4-5,17H,2-3,6H2,1H3,(H,18,19). The molecule has 5 nitrogen and oxygen atoms in total. The molecule has 0 fully saturated rings. The van der Waals surface area contributed by atoms with Crippen LogP contribution in [0.5, 0.6) is 0 Å². The SMILES string of the molecule is Cc1cc(N(CCO)CC(F)(F)F)c(C(=O)O)cn1. The smallest absolute Gasteiger partial charge is 0.405 e. The summed E-state index contributed by atoms with van der Waals surface area (Å²) in [6.07, 6.45) is -3.49. The fourth-order valence-corrected chi connectivity index (χ4v) is 1.59. The Balaban J connectivity index is 3.20. The molecule has 0 bridgehead atoms. The number of carboxylic acids is 1. The minimum Gasteiger partial charge on any atom is -0.478 e. The van der Waals surface area contributed by atoms with Gasteiger partial charge in [-0.3, -0.25) is 4.98 Å². The summed E-state index contributed by atoms with van der Waals surface area (Å²) in [5.41, 5.74) is -0.0419. The van der Waals surface area contributed by atoms with Crippen LogP contribution in [0.3, 0.4) is 0 Å². The predicted molar refractivity (Wildman–Crippen MR) is 61.3 cm³/mol. The molecular formula is C11H13F3N2O3. The molecule has 0 atom stereocenters. The second-order valence-electron chi connectivity index (χ2n) is 3.91. The van der Waals surface area contributed by atoms with Crippen molar-refractivity contribution in [3.63, 3.8) is 0 Å². The van der Waals surface area contributed by atoms with Gasteiger partial charge in [-0.15, -0.1) is 0 Å². The van der Waals surface area contributed by atoms with Crippen LogP contribution >= 0.6 is 0 Å². The van der Waals surface area contributed by atoms with Crippen molar-refractivity contribution >= 4 is 11.7 Å². The van der Waals surface area contributed by atoms with E-state index in [2.05, 4.69) is 4.98 Å². The monoisotopic (exact) mass is 278 g/mol. The Kier molecular flexibility index (Phi) is 4.71. The summed E-state index contributed by atoms with van der Waals surface area (Å²) in [4.78, 5) is 15.5. The van der Waals surface area contributed by atoms with Crippen LogP contribution in [0.15, 0.2) is 12.3 Å². The number of carboxylic acid groups (broad SMARTS) is 1. The summed E-state index contributed by atoms with van der Waals surface area (Å²) >= 11 is 0. The van der Waals surface area contributed by atoms with Gasteiger partial charge in [0, 0.05) is 18.4 Å². The molecule has 0 aliphatic carbocycles. The molecule has 0 aromatic carbocycles. The van der Waals surface area contributed by atoms with Crippen LogP contribution in [0.1, 0.15) is 16.1 Å². The number of carbonyl (C=O) groups is 1. The number of aliphatic hydroxyl groups excluding tert-OH is 1. The minimum atomic E-state index is -4.50. The third-order valence-electron chi connectivity index (χ3n) is 2.33. The maximum atomic E-state index is 12.5. The number of alkyl halides is 3. The maximum absolute atomic E-state index is 12.5. The zero-order valence-electron chi connectivity index (χ0n) is 10.1. The van der Waals surface area contributed by atoms with Gasteiger partial charge in [0.25, 0.3) is 0 Å².